The van der Waals surface area contributed by atoms with Crippen LogP contribution >= 0.6 is 15.9 Å². The van der Waals surface area contributed by atoms with Gasteiger partial charge in [0.15, 0.2) is 5.78 Å². The molecule has 0 heterocycles. The molecule has 1 atom stereocenters. The van der Waals surface area contributed by atoms with Crippen LogP contribution < -0.4 is 5.73 Å². The number of carbonyl (C=O) groups excluding carboxylic acids is 1. The zero-order valence-corrected chi connectivity index (χ0v) is 9.63. The number of hydrogen-bond donors (Lipinski definition) is 1. The van der Waals surface area contributed by atoms with E-state index in [1.54, 1.807) is 6.08 Å². The van der Waals surface area contributed by atoms with Crippen LogP contribution in [-0.4, -0.2) is 11.8 Å². The van der Waals surface area contributed by atoms with E-state index in [-0.39, 0.29) is 5.56 Å². The first-order valence-electron chi connectivity index (χ1n) is 4.42. The summed E-state index contributed by atoms with van der Waals surface area (Å²) in [7, 11) is 0. The highest BCUT2D eigenvalue weighted by molar-refractivity contribution is 9.10. The topological polar surface area (TPSA) is 43.1 Å². The summed E-state index contributed by atoms with van der Waals surface area (Å²) in [6.07, 6.45) is 1.88. The molecule has 15 heavy (non-hydrogen) atoms. The van der Waals surface area contributed by atoms with Crippen molar-refractivity contribution in [2.75, 3.05) is 0 Å². The molecule has 80 valence electrons. The van der Waals surface area contributed by atoms with Crippen molar-refractivity contribution >= 4 is 21.7 Å². The Bertz CT molecular complexity index is 392. The number of rotatable bonds is 4. The highest BCUT2D eigenvalue weighted by atomic mass is 79.9. The van der Waals surface area contributed by atoms with Gasteiger partial charge in [0.25, 0.3) is 0 Å². The second kappa shape index (κ2) is 5.19. The monoisotopic (exact) mass is 271 g/mol. The van der Waals surface area contributed by atoms with Gasteiger partial charge in [-0.15, -0.1) is 6.58 Å². The molecule has 1 rings (SSSR count). The fourth-order valence-electron chi connectivity index (χ4n) is 1.17. The molecule has 0 saturated heterocycles. The van der Waals surface area contributed by atoms with Crippen LogP contribution in [0.3, 0.4) is 0 Å². The Kier molecular flexibility index (Phi) is 4.17. The van der Waals surface area contributed by atoms with Crippen LogP contribution in [0.2, 0.25) is 0 Å². The lowest BCUT2D eigenvalue weighted by molar-refractivity contribution is 0.0958. The van der Waals surface area contributed by atoms with Crippen LogP contribution in [0.4, 0.5) is 4.39 Å². The van der Waals surface area contributed by atoms with Crippen molar-refractivity contribution < 1.29 is 9.18 Å². The lowest BCUT2D eigenvalue weighted by atomic mass is 10.0. The van der Waals surface area contributed by atoms with Crippen molar-refractivity contribution in [2.45, 2.75) is 12.5 Å². The quantitative estimate of drug-likeness (QED) is 0.676. The highest BCUT2D eigenvalue weighted by Crippen LogP contribution is 2.17. The van der Waals surface area contributed by atoms with E-state index in [0.717, 1.165) is 0 Å². The predicted molar refractivity (Wildman–Crippen MR) is 61.2 cm³/mol. The number of nitrogens with two attached hydrogens (primary N) is 1. The van der Waals surface area contributed by atoms with E-state index in [1.807, 2.05) is 0 Å². The Labute approximate surface area is 96.1 Å². The average Bonchev–Trinajstić information content (AvgIpc) is 2.21. The van der Waals surface area contributed by atoms with Gasteiger partial charge in [-0.05, 0) is 24.6 Å². The van der Waals surface area contributed by atoms with Gasteiger partial charge in [-0.25, -0.2) is 4.39 Å². The van der Waals surface area contributed by atoms with Crippen molar-refractivity contribution in [3.63, 3.8) is 0 Å². The summed E-state index contributed by atoms with van der Waals surface area (Å²) in [4.78, 5) is 11.7. The molecule has 0 aliphatic carbocycles. The van der Waals surface area contributed by atoms with Gasteiger partial charge in [-0.3, -0.25) is 4.79 Å². The van der Waals surface area contributed by atoms with Crippen LogP contribution in [0.5, 0.6) is 0 Å². The molecule has 0 aliphatic rings. The third-order valence-electron chi connectivity index (χ3n) is 1.95. The van der Waals surface area contributed by atoms with E-state index < -0.39 is 17.6 Å². The van der Waals surface area contributed by atoms with E-state index in [9.17, 15) is 9.18 Å². The minimum atomic E-state index is -0.730. The van der Waals surface area contributed by atoms with Crippen molar-refractivity contribution in [3.8, 4) is 0 Å². The fourth-order valence-corrected chi connectivity index (χ4v) is 1.53. The normalized spacial score (nSPS) is 12.2. The van der Waals surface area contributed by atoms with Gasteiger partial charge in [-0.1, -0.05) is 22.0 Å². The lowest BCUT2D eigenvalue weighted by Gasteiger charge is -2.08. The summed E-state index contributed by atoms with van der Waals surface area (Å²) in [5.41, 5.74) is 5.59. The van der Waals surface area contributed by atoms with E-state index in [2.05, 4.69) is 22.5 Å². The molecule has 0 aromatic heterocycles. The number of hydrogen-bond acceptors (Lipinski definition) is 2. The van der Waals surface area contributed by atoms with Crippen LogP contribution in [0, 0.1) is 5.82 Å². The first kappa shape index (κ1) is 12.1. The van der Waals surface area contributed by atoms with E-state index in [0.29, 0.717) is 10.9 Å². The Morgan fingerprint density at radius 2 is 2.33 bits per heavy atom. The molecule has 0 bridgehead atoms. The summed E-state index contributed by atoms with van der Waals surface area (Å²) in [5, 5.41) is 0. The smallest absolute Gasteiger partial charge is 0.182 e. The molecule has 0 amide bonds. The maximum Gasteiger partial charge on any atom is 0.182 e. The van der Waals surface area contributed by atoms with Gasteiger partial charge in [-0.2, -0.15) is 0 Å². The minimum Gasteiger partial charge on any atom is -0.321 e. The van der Waals surface area contributed by atoms with Crippen LogP contribution in [0.1, 0.15) is 16.8 Å². The first-order chi connectivity index (χ1) is 7.06. The van der Waals surface area contributed by atoms with Gasteiger partial charge in [0.2, 0.25) is 0 Å². The Morgan fingerprint density at radius 1 is 1.67 bits per heavy atom. The fraction of sp³-hybridized carbons (Fsp3) is 0.182. The number of benzene rings is 1. The van der Waals surface area contributed by atoms with Gasteiger partial charge in [0.05, 0.1) is 11.6 Å². The summed E-state index contributed by atoms with van der Waals surface area (Å²) in [5.74, 6) is -0.962. The molecule has 4 heteroatoms. The summed E-state index contributed by atoms with van der Waals surface area (Å²) < 4.78 is 13.9. The number of ketones is 1. The second-order valence-corrected chi connectivity index (χ2v) is 4.03. The zero-order valence-electron chi connectivity index (χ0n) is 8.04. The van der Waals surface area contributed by atoms with Crippen molar-refractivity contribution in [2.24, 2.45) is 5.73 Å². The number of Topliss-reactive ketones (excluding diaryl/α,β-unsaturated/α-hetero) is 1. The maximum absolute atomic E-state index is 13.3. The van der Waals surface area contributed by atoms with Crippen LogP contribution in [0.15, 0.2) is 35.3 Å². The SMILES string of the molecule is C=CCC(N)C(=O)c1cc(Br)ccc1F. The second-order valence-electron chi connectivity index (χ2n) is 3.12. The third kappa shape index (κ3) is 2.97. The molecule has 1 unspecified atom stereocenters. The Morgan fingerprint density at radius 3 is 2.93 bits per heavy atom. The molecule has 0 fully saturated rings. The van der Waals surface area contributed by atoms with Crippen molar-refractivity contribution in [1.82, 2.24) is 0 Å². The summed E-state index contributed by atoms with van der Waals surface area (Å²) >= 11 is 3.17. The molecule has 0 radical (unpaired) electrons. The lowest BCUT2D eigenvalue weighted by Crippen LogP contribution is -2.30. The molecule has 0 spiro atoms. The molecule has 0 aliphatic heterocycles. The average molecular weight is 272 g/mol. The number of carbonyl (C=O) groups is 1. The van der Waals surface area contributed by atoms with E-state index >= 15 is 0 Å². The minimum absolute atomic E-state index is 0.0127. The van der Waals surface area contributed by atoms with Crippen LogP contribution in [0.25, 0.3) is 0 Å². The molecular formula is C11H11BrFNO. The number of halogens is 2. The molecular weight excluding hydrogens is 261 g/mol. The Hall–Kier alpha value is -1.00. The van der Waals surface area contributed by atoms with E-state index in [1.165, 1.54) is 18.2 Å². The summed E-state index contributed by atoms with van der Waals surface area (Å²) in [6, 6.07) is 3.47. The Balaban J connectivity index is 2.99. The zero-order chi connectivity index (χ0) is 11.4. The molecule has 2 nitrogen and oxygen atoms in total. The molecule has 0 saturated carbocycles. The third-order valence-corrected chi connectivity index (χ3v) is 2.44. The molecule has 1 aromatic carbocycles. The highest BCUT2D eigenvalue weighted by Gasteiger charge is 2.18. The molecule has 1 aromatic rings. The van der Waals surface area contributed by atoms with E-state index in [4.69, 9.17) is 5.73 Å². The van der Waals surface area contributed by atoms with Gasteiger partial charge in [0, 0.05) is 4.47 Å². The van der Waals surface area contributed by atoms with Crippen molar-refractivity contribution in [1.29, 1.82) is 0 Å². The largest absolute Gasteiger partial charge is 0.321 e. The summed E-state index contributed by atoms with van der Waals surface area (Å²) in [6.45, 7) is 3.48. The standard InChI is InChI=1S/C11H11BrFNO/c1-2-3-10(14)11(15)8-6-7(12)4-5-9(8)13/h2,4-6,10H,1,3,14H2. The van der Waals surface area contributed by atoms with Crippen LogP contribution in [-0.2, 0) is 0 Å². The van der Waals surface area contributed by atoms with Gasteiger partial charge in [0.1, 0.15) is 5.82 Å². The van der Waals surface area contributed by atoms with Crippen molar-refractivity contribution in [3.05, 3.63) is 46.7 Å². The van der Waals surface area contributed by atoms with Gasteiger partial charge < -0.3 is 5.73 Å². The first-order valence-corrected chi connectivity index (χ1v) is 5.21. The van der Waals surface area contributed by atoms with Gasteiger partial charge >= 0.3 is 0 Å². The molecule has 2 N–H and O–H groups in total. The predicted octanol–water partition coefficient (Wildman–Crippen LogP) is 2.67. The maximum atomic E-state index is 13.3.